The zero-order valence-corrected chi connectivity index (χ0v) is 17.5. The van der Waals surface area contributed by atoms with Gasteiger partial charge in [0, 0.05) is 6.54 Å². The molecule has 3 aromatic rings. The summed E-state index contributed by atoms with van der Waals surface area (Å²) in [5.41, 5.74) is 2.91. The smallest absolute Gasteiger partial charge is 0.263 e. The van der Waals surface area contributed by atoms with Gasteiger partial charge in [0.05, 0.1) is 15.9 Å². The standard InChI is InChI=1S/C21H26N4O2S/c1-14(2)11-12-22-20-21(24-18-8-6-5-7-17(18)23-20)25-28(26,27)19-13-15(3)9-10-16(19)4/h5-10,13-14H,11-12H2,1-4H3,(H,22,23)(H,24,25). The molecule has 7 heteroatoms. The highest BCUT2D eigenvalue weighted by molar-refractivity contribution is 7.92. The van der Waals surface area contributed by atoms with Crippen LogP contribution < -0.4 is 10.0 Å². The van der Waals surface area contributed by atoms with Crippen molar-refractivity contribution in [3.63, 3.8) is 0 Å². The van der Waals surface area contributed by atoms with Crippen LogP contribution in [0.25, 0.3) is 11.0 Å². The zero-order chi connectivity index (χ0) is 20.3. The van der Waals surface area contributed by atoms with Crippen molar-refractivity contribution in [3.05, 3.63) is 53.6 Å². The molecule has 3 rings (SSSR count). The Balaban J connectivity index is 2.01. The van der Waals surface area contributed by atoms with Crippen LogP contribution in [0.2, 0.25) is 0 Å². The number of nitrogens with one attached hydrogen (secondary N) is 2. The van der Waals surface area contributed by atoms with Gasteiger partial charge in [-0.2, -0.15) is 0 Å². The summed E-state index contributed by atoms with van der Waals surface area (Å²) in [7, 11) is -3.79. The maximum Gasteiger partial charge on any atom is 0.263 e. The summed E-state index contributed by atoms with van der Waals surface area (Å²) in [6.07, 6.45) is 0.942. The minimum Gasteiger partial charge on any atom is -0.367 e. The average molecular weight is 399 g/mol. The second kappa shape index (κ2) is 8.14. The molecule has 0 fully saturated rings. The number of anilines is 2. The lowest BCUT2D eigenvalue weighted by molar-refractivity contribution is 0.600. The Morgan fingerprint density at radius 2 is 1.61 bits per heavy atom. The molecule has 0 aliphatic carbocycles. The lowest BCUT2D eigenvalue weighted by Crippen LogP contribution is -2.18. The van der Waals surface area contributed by atoms with Gasteiger partial charge in [-0.05, 0) is 55.5 Å². The second-order valence-corrected chi connectivity index (χ2v) is 9.04. The van der Waals surface area contributed by atoms with E-state index in [1.807, 2.05) is 37.3 Å². The van der Waals surface area contributed by atoms with E-state index in [1.165, 1.54) is 0 Å². The summed E-state index contributed by atoms with van der Waals surface area (Å²) < 4.78 is 28.7. The first-order chi connectivity index (χ1) is 13.3. The Bertz CT molecular complexity index is 1090. The number of aryl methyl sites for hydroxylation is 2. The number of para-hydroxylation sites is 2. The van der Waals surface area contributed by atoms with E-state index < -0.39 is 10.0 Å². The SMILES string of the molecule is Cc1ccc(C)c(S(=O)(=O)Nc2nc3ccccc3nc2NCCC(C)C)c1. The van der Waals surface area contributed by atoms with E-state index in [0.717, 1.165) is 12.0 Å². The molecule has 0 aliphatic heterocycles. The summed E-state index contributed by atoms with van der Waals surface area (Å²) in [5, 5.41) is 3.24. The normalized spacial score (nSPS) is 11.8. The van der Waals surface area contributed by atoms with E-state index in [9.17, 15) is 8.42 Å². The first kappa shape index (κ1) is 20.1. The topological polar surface area (TPSA) is 84.0 Å². The number of benzene rings is 2. The number of hydrogen-bond acceptors (Lipinski definition) is 5. The predicted octanol–water partition coefficient (Wildman–Crippen LogP) is 4.51. The first-order valence-corrected chi connectivity index (χ1v) is 10.9. The fourth-order valence-electron chi connectivity index (χ4n) is 2.85. The average Bonchev–Trinajstić information content (AvgIpc) is 2.63. The van der Waals surface area contributed by atoms with Gasteiger partial charge in [0.25, 0.3) is 10.0 Å². The molecule has 6 nitrogen and oxygen atoms in total. The van der Waals surface area contributed by atoms with E-state index >= 15 is 0 Å². The van der Waals surface area contributed by atoms with Crippen LogP contribution in [-0.4, -0.2) is 24.9 Å². The molecular formula is C21H26N4O2S. The Kier molecular flexibility index (Phi) is 5.84. The van der Waals surface area contributed by atoms with Crippen molar-refractivity contribution in [2.45, 2.75) is 39.0 Å². The minimum absolute atomic E-state index is 0.211. The van der Waals surface area contributed by atoms with Gasteiger partial charge in [0.1, 0.15) is 0 Å². The van der Waals surface area contributed by atoms with Crippen molar-refractivity contribution in [2.24, 2.45) is 5.92 Å². The zero-order valence-electron chi connectivity index (χ0n) is 16.7. The molecule has 1 heterocycles. The van der Waals surface area contributed by atoms with E-state index in [1.54, 1.807) is 19.1 Å². The third-order valence-electron chi connectivity index (χ3n) is 4.45. The van der Waals surface area contributed by atoms with Crippen molar-refractivity contribution in [2.75, 3.05) is 16.6 Å². The largest absolute Gasteiger partial charge is 0.367 e. The van der Waals surface area contributed by atoms with E-state index in [2.05, 4.69) is 33.9 Å². The van der Waals surface area contributed by atoms with Crippen LogP contribution in [0.5, 0.6) is 0 Å². The lowest BCUT2D eigenvalue weighted by Gasteiger charge is -2.15. The highest BCUT2D eigenvalue weighted by atomic mass is 32.2. The summed E-state index contributed by atoms with van der Waals surface area (Å²) in [4.78, 5) is 9.36. The van der Waals surface area contributed by atoms with Crippen molar-refractivity contribution in [1.29, 1.82) is 0 Å². The van der Waals surface area contributed by atoms with Crippen LogP contribution in [0.4, 0.5) is 11.6 Å². The van der Waals surface area contributed by atoms with Crippen LogP contribution >= 0.6 is 0 Å². The third kappa shape index (κ3) is 4.59. The summed E-state index contributed by atoms with van der Waals surface area (Å²) in [5.74, 6) is 1.17. The Morgan fingerprint density at radius 3 is 2.25 bits per heavy atom. The fourth-order valence-corrected chi connectivity index (χ4v) is 4.19. The predicted molar refractivity (Wildman–Crippen MR) is 114 cm³/mol. The number of aromatic nitrogens is 2. The number of nitrogens with zero attached hydrogens (tertiary/aromatic N) is 2. The van der Waals surface area contributed by atoms with Crippen molar-refractivity contribution < 1.29 is 8.42 Å². The summed E-state index contributed by atoms with van der Waals surface area (Å²) in [6.45, 7) is 8.60. The van der Waals surface area contributed by atoms with Crippen molar-refractivity contribution >= 4 is 32.7 Å². The van der Waals surface area contributed by atoms with Gasteiger partial charge in [-0.25, -0.2) is 18.4 Å². The van der Waals surface area contributed by atoms with Gasteiger partial charge in [-0.15, -0.1) is 0 Å². The van der Waals surface area contributed by atoms with Crippen LogP contribution in [0.1, 0.15) is 31.4 Å². The number of rotatable bonds is 7. The maximum absolute atomic E-state index is 13.0. The van der Waals surface area contributed by atoms with Crippen LogP contribution in [0.3, 0.4) is 0 Å². The number of fused-ring (bicyclic) bond motifs is 1. The van der Waals surface area contributed by atoms with E-state index in [-0.39, 0.29) is 10.7 Å². The Morgan fingerprint density at radius 1 is 0.964 bits per heavy atom. The lowest BCUT2D eigenvalue weighted by atomic mass is 10.1. The molecule has 0 saturated heterocycles. The van der Waals surface area contributed by atoms with E-state index in [4.69, 9.17) is 0 Å². The molecule has 0 unspecified atom stereocenters. The number of hydrogen-bond donors (Lipinski definition) is 2. The highest BCUT2D eigenvalue weighted by Gasteiger charge is 2.21. The van der Waals surface area contributed by atoms with Gasteiger partial charge in [-0.3, -0.25) is 4.72 Å². The van der Waals surface area contributed by atoms with Gasteiger partial charge < -0.3 is 5.32 Å². The van der Waals surface area contributed by atoms with Crippen LogP contribution in [0, 0.1) is 19.8 Å². The third-order valence-corrected chi connectivity index (χ3v) is 5.93. The highest BCUT2D eigenvalue weighted by Crippen LogP contribution is 2.26. The minimum atomic E-state index is -3.79. The molecule has 2 aromatic carbocycles. The molecule has 0 bridgehead atoms. The molecule has 0 aliphatic rings. The van der Waals surface area contributed by atoms with Crippen molar-refractivity contribution in [3.8, 4) is 0 Å². The van der Waals surface area contributed by atoms with Gasteiger partial charge >= 0.3 is 0 Å². The molecule has 0 spiro atoms. The van der Waals surface area contributed by atoms with Gasteiger partial charge in [-0.1, -0.05) is 38.1 Å². The molecule has 2 N–H and O–H groups in total. The van der Waals surface area contributed by atoms with Crippen LogP contribution in [-0.2, 0) is 10.0 Å². The fraction of sp³-hybridized carbons (Fsp3) is 0.333. The maximum atomic E-state index is 13.0. The molecule has 0 atom stereocenters. The quantitative estimate of drug-likeness (QED) is 0.612. The molecule has 148 valence electrons. The molecule has 1 aromatic heterocycles. The van der Waals surface area contributed by atoms with Gasteiger partial charge in [0.15, 0.2) is 11.6 Å². The molecule has 0 radical (unpaired) electrons. The summed E-state index contributed by atoms with van der Waals surface area (Å²) >= 11 is 0. The Labute approximate surface area is 166 Å². The van der Waals surface area contributed by atoms with Crippen molar-refractivity contribution in [1.82, 2.24) is 9.97 Å². The van der Waals surface area contributed by atoms with Gasteiger partial charge in [0.2, 0.25) is 0 Å². The second-order valence-electron chi connectivity index (χ2n) is 7.39. The van der Waals surface area contributed by atoms with Crippen LogP contribution in [0.15, 0.2) is 47.4 Å². The summed E-state index contributed by atoms with van der Waals surface area (Å²) in [6, 6.07) is 12.8. The first-order valence-electron chi connectivity index (χ1n) is 9.37. The molecular weight excluding hydrogens is 372 g/mol. The molecule has 0 saturated carbocycles. The molecule has 28 heavy (non-hydrogen) atoms. The number of sulfonamides is 1. The monoisotopic (exact) mass is 398 g/mol. The Hall–Kier alpha value is -2.67. The molecule has 0 amide bonds. The van der Waals surface area contributed by atoms with E-state index in [0.29, 0.717) is 34.9 Å².